The Labute approximate surface area is 145 Å². The lowest BCUT2D eigenvalue weighted by molar-refractivity contribution is -0.148. The Balaban J connectivity index is 2.04. The van der Waals surface area contributed by atoms with E-state index in [1.165, 1.54) is 6.92 Å². The SMILES string of the molecule is CC(=O)OC[C@H]([C@H]1NC(=O)[C@@H]1[C@@H](C)O[Si](C)(C)C(C)(C)C)[C@H]1CO1. The molecule has 6 nitrogen and oxygen atoms in total. The minimum absolute atomic E-state index is 0.0120. The monoisotopic (exact) mass is 357 g/mol. The fourth-order valence-electron chi connectivity index (χ4n) is 2.97. The third kappa shape index (κ3) is 4.18. The molecule has 0 aromatic heterocycles. The second kappa shape index (κ2) is 6.76. The van der Waals surface area contributed by atoms with Crippen LogP contribution in [0.5, 0.6) is 0 Å². The Morgan fingerprint density at radius 1 is 1.42 bits per heavy atom. The van der Waals surface area contributed by atoms with Crippen LogP contribution in [0.4, 0.5) is 0 Å². The van der Waals surface area contributed by atoms with E-state index in [9.17, 15) is 9.59 Å². The minimum atomic E-state index is -1.95. The van der Waals surface area contributed by atoms with Crippen LogP contribution in [0, 0.1) is 11.8 Å². The van der Waals surface area contributed by atoms with E-state index < -0.39 is 8.32 Å². The summed E-state index contributed by atoms with van der Waals surface area (Å²) in [7, 11) is -1.95. The molecule has 0 radical (unpaired) electrons. The highest BCUT2D eigenvalue weighted by molar-refractivity contribution is 6.74. The molecule has 7 heteroatoms. The van der Waals surface area contributed by atoms with Gasteiger partial charge in [0, 0.05) is 12.8 Å². The summed E-state index contributed by atoms with van der Waals surface area (Å²) in [6, 6.07) is -0.0656. The number of carbonyl (C=O) groups excluding carboxylic acids is 2. The van der Waals surface area contributed by atoms with Gasteiger partial charge in [0.2, 0.25) is 5.91 Å². The maximum atomic E-state index is 12.2. The van der Waals surface area contributed by atoms with Crippen LogP contribution >= 0.6 is 0 Å². The first-order valence-corrected chi connectivity index (χ1v) is 11.6. The molecule has 2 aliphatic heterocycles. The largest absolute Gasteiger partial charge is 0.465 e. The quantitative estimate of drug-likeness (QED) is 0.327. The lowest BCUT2D eigenvalue weighted by Crippen LogP contribution is -2.67. The maximum Gasteiger partial charge on any atom is 0.302 e. The molecule has 2 aliphatic rings. The maximum absolute atomic E-state index is 12.2. The van der Waals surface area contributed by atoms with E-state index in [0.29, 0.717) is 6.61 Å². The van der Waals surface area contributed by atoms with Gasteiger partial charge in [-0.1, -0.05) is 20.8 Å². The van der Waals surface area contributed by atoms with Crippen molar-refractivity contribution in [3.63, 3.8) is 0 Å². The van der Waals surface area contributed by atoms with Crippen molar-refractivity contribution < 1.29 is 23.5 Å². The first-order valence-electron chi connectivity index (χ1n) is 8.67. The highest BCUT2D eigenvalue weighted by Gasteiger charge is 2.53. The van der Waals surface area contributed by atoms with Crippen LogP contribution in [0.25, 0.3) is 0 Å². The molecule has 2 heterocycles. The van der Waals surface area contributed by atoms with Crippen LogP contribution in [0.1, 0.15) is 34.6 Å². The predicted octanol–water partition coefficient (Wildman–Crippen LogP) is 2.09. The van der Waals surface area contributed by atoms with Crippen LogP contribution in [-0.2, 0) is 23.5 Å². The van der Waals surface area contributed by atoms with Crippen molar-refractivity contribution in [1.82, 2.24) is 5.32 Å². The normalized spacial score (nSPS) is 29.3. The molecule has 2 saturated heterocycles. The summed E-state index contributed by atoms with van der Waals surface area (Å²) in [5, 5.41) is 3.06. The summed E-state index contributed by atoms with van der Waals surface area (Å²) in [5.74, 6) is -0.529. The molecular weight excluding hydrogens is 326 g/mol. The Bertz CT molecular complexity index is 498. The van der Waals surface area contributed by atoms with Crippen LogP contribution < -0.4 is 5.32 Å². The van der Waals surface area contributed by atoms with Gasteiger partial charge in [-0.05, 0) is 25.1 Å². The number of esters is 1. The number of hydrogen-bond acceptors (Lipinski definition) is 5. The molecule has 0 spiro atoms. The van der Waals surface area contributed by atoms with E-state index in [2.05, 4.69) is 39.2 Å². The molecule has 0 unspecified atom stereocenters. The fraction of sp³-hybridized carbons (Fsp3) is 0.882. The third-order valence-electron chi connectivity index (χ3n) is 5.57. The Kier molecular flexibility index (Phi) is 5.47. The van der Waals surface area contributed by atoms with Gasteiger partial charge in [-0.25, -0.2) is 0 Å². The molecule has 2 rings (SSSR count). The number of nitrogens with one attached hydrogen (secondary N) is 1. The molecule has 0 aromatic carbocycles. The highest BCUT2D eigenvalue weighted by atomic mass is 28.4. The van der Waals surface area contributed by atoms with Gasteiger partial charge in [0.1, 0.15) is 0 Å². The van der Waals surface area contributed by atoms with E-state index in [0.717, 1.165) is 0 Å². The summed E-state index contributed by atoms with van der Waals surface area (Å²) in [4.78, 5) is 23.3. The molecule has 0 saturated carbocycles. The third-order valence-corrected chi connectivity index (χ3v) is 10.1. The first-order chi connectivity index (χ1) is 10.9. The van der Waals surface area contributed by atoms with Crippen LogP contribution in [0.3, 0.4) is 0 Å². The van der Waals surface area contributed by atoms with E-state index in [1.54, 1.807) is 0 Å². The van der Waals surface area contributed by atoms with Crippen LogP contribution in [0.15, 0.2) is 0 Å². The van der Waals surface area contributed by atoms with Gasteiger partial charge in [-0.3, -0.25) is 9.59 Å². The van der Waals surface area contributed by atoms with Gasteiger partial charge < -0.3 is 19.2 Å². The Hall–Kier alpha value is -0.923. The second-order valence-electron chi connectivity index (χ2n) is 8.48. The van der Waals surface area contributed by atoms with Crippen molar-refractivity contribution in [2.75, 3.05) is 13.2 Å². The summed E-state index contributed by atoms with van der Waals surface area (Å²) < 4.78 is 17.0. The van der Waals surface area contributed by atoms with Crippen molar-refractivity contribution >= 4 is 20.2 Å². The van der Waals surface area contributed by atoms with Crippen molar-refractivity contribution in [1.29, 1.82) is 0 Å². The molecule has 0 aromatic rings. The molecular formula is C17H31NO5Si. The number of ether oxygens (including phenoxy) is 2. The van der Waals surface area contributed by atoms with Crippen molar-refractivity contribution in [3.8, 4) is 0 Å². The number of epoxide rings is 1. The zero-order valence-corrected chi connectivity index (χ0v) is 16.8. The first kappa shape index (κ1) is 19.4. The Morgan fingerprint density at radius 3 is 2.42 bits per heavy atom. The number of β-lactam (4-membered cyclic amide) rings is 1. The highest BCUT2D eigenvalue weighted by Crippen LogP contribution is 2.40. The van der Waals surface area contributed by atoms with E-state index in [-0.39, 0.29) is 53.6 Å². The molecule has 5 atom stereocenters. The van der Waals surface area contributed by atoms with E-state index in [1.807, 2.05) is 6.92 Å². The Morgan fingerprint density at radius 2 is 2.00 bits per heavy atom. The van der Waals surface area contributed by atoms with Gasteiger partial charge >= 0.3 is 5.97 Å². The minimum Gasteiger partial charge on any atom is -0.465 e. The van der Waals surface area contributed by atoms with Crippen molar-refractivity contribution in [3.05, 3.63) is 0 Å². The second-order valence-corrected chi connectivity index (χ2v) is 13.2. The molecule has 0 aliphatic carbocycles. The molecule has 2 fully saturated rings. The van der Waals surface area contributed by atoms with Crippen molar-refractivity contribution in [2.45, 2.75) is 71.0 Å². The zero-order valence-electron chi connectivity index (χ0n) is 15.8. The van der Waals surface area contributed by atoms with Crippen LogP contribution in [-0.4, -0.2) is 51.7 Å². The van der Waals surface area contributed by atoms with Crippen LogP contribution in [0.2, 0.25) is 18.1 Å². The summed E-state index contributed by atoms with van der Waals surface area (Å²) in [6.07, 6.45) is -0.110. The molecule has 24 heavy (non-hydrogen) atoms. The number of hydrogen-bond donors (Lipinski definition) is 1. The number of rotatable bonds is 7. The average Bonchev–Trinajstić information content (AvgIpc) is 3.19. The molecule has 138 valence electrons. The standard InChI is InChI=1S/C17H31NO5Si/c1-10(23-24(6,7)17(3,4)5)14-15(18-16(14)20)12(13-9-22-13)8-21-11(2)19/h10,12-15H,8-9H2,1-7H3,(H,18,20)/t10-,12+,13-,14-,15-/m1/s1. The summed E-state index contributed by atoms with van der Waals surface area (Å²) >= 11 is 0. The average molecular weight is 358 g/mol. The topological polar surface area (TPSA) is 77.2 Å². The van der Waals surface area contributed by atoms with Gasteiger partial charge in [-0.2, -0.15) is 0 Å². The predicted molar refractivity (Wildman–Crippen MR) is 93.0 cm³/mol. The van der Waals surface area contributed by atoms with Gasteiger partial charge in [0.25, 0.3) is 0 Å². The lowest BCUT2D eigenvalue weighted by Gasteiger charge is -2.47. The van der Waals surface area contributed by atoms with Crippen molar-refractivity contribution in [2.24, 2.45) is 11.8 Å². The molecule has 0 bridgehead atoms. The van der Waals surface area contributed by atoms with E-state index >= 15 is 0 Å². The molecule has 1 amide bonds. The number of amides is 1. The lowest BCUT2D eigenvalue weighted by atomic mass is 9.77. The summed E-state index contributed by atoms with van der Waals surface area (Å²) in [5.41, 5.74) is 0. The van der Waals surface area contributed by atoms with Gasteiger partial charge in [-0.15, -0.1) is 0 Å². The summed E-state index contributed by atoms with van der Waals surface area (Å²) in [6.45, 7) is 15.2. The molecule has 1 N–H and O–H groups in total. The van der Waals surface area contributed by atoms with Gasteiger partial charge in [0.15, 0.2) is 8.32 Å². The van der Waals surface area contributed by atoms with E-state index in [4.69, 9.17) is 13.9 Å². The van der Waals surface area contributed by atoms with Gasteiger partial charge in [0.05, 0.1) is 37.4 Å². The zero-order chi connectivity index (χ0) is 18.3. The smallest absolute Gasteiger partial charge is 0.302 e. The fourth-order valence-corrected chi connectivity index (χ4v) is 4.40. The number of carbonyl (C=O) groups is 2.